The molecule has 0 spiro atoms. The van der Waals surface area contributed by atoms with Crippen molar-refractivity contribution in [1.82, 2.24) is 5.32 Å². The molecule has 0 aliphatic carbocycles. The Morgan fingerprint density at radius 3 is 1.24 bits per heavy atom. The molecule has 0 aromatic rings. The van der Waals surface area contributed by atoms with Crippen LogP contribution in [0.4, 0.5) is 0 Å². The molecule has 8 nitrogen and oxygen atoms in total. The molecule has 2 N–H and O–H groups in total. The monoisotopic (exact) mass is 913 g/mol. The van der Waals surface area contributed by atoms with E-state index in [-0.39, 0.29) is 19.1 Å². The van der Waals surface area contributed by atoms with Crippen molar-refractivity contribution in [2.24, 2.45) is 0 Å². The van der Waals surface area contributed by atoms with Crippen LogP contribution in [0.1, 0.15) is 277 Å². The number of aliphatic hydroxyl groups excluding tert-OH is 1. The number of phosphoric ester groups is 1. The number of hydrogen-bond acceptors (Lipinski definition) is 6. The molecule has 0 saturated carbocycles. The molecule has 0 aliphatic heterocycles. The molecule has 0 heterocycles. The predicted molar refractivity (Wildman–Crippen MR) is 270 cm³/mol. The SMILES string of the molecule is CCCCCCCCCCC/C=C\CCCCCCCCCC(=O)NC(COP(=O)([O-])OCC[N+](C)(C)C)C(O)CCCCCCCCCCCCCCCCCCCCCCC. The van der Waals surface area contributed by atoms with Crippen LogP contribution >= 0.6 is 7.82 Å². The van der Waals surface area contributed by atoms with Gasteiger partial charge >= 0.3 is 0 Å². The highest BCUT2D eigenvalue weighted by atomic mass is 31.2. The second-order valence-corrected chi connectivity index (χ2v) is 21.7. The highest BCUT2D eigenvalue weighted by Crippen LogP contribution is 2.38. The van der Waals surface area contributed by atoms with Crippen molar-refractivity contribution in [2.45, 2.75) is 289 Å². The maximum atomic E-state index is 13.0. The summed E-state index contributed by atoms with van der Waals surface area (Å²) in [5.74, 6) is -0.165. The Morgan fingerprint density at radius 1 is 0.540 bits per heavy atom. The number of likely N-dealkylation sites (N-methyl/N-ethyl adjacent to an activating group) is 1. The number of rotatable bonds is 51. The molecule has 63 heavy (non-hydrogen) atoms. The average molecular weight is 913 g/mol. The molecule has 0 aromatic heterocycles. The van der Waals surface area contributed by atoms with Crippen molar-refractivity contribution in [2.75, 3.05) is 40.9 Å². The van der Waals surface area contributed by atoms with Gasteiger partial charge in [0.25, 0.3) is 7.82 Å². The van der Waals surface area contributed by atoms with Crippen LogP contribution in [-0.4, -0.2) is 68.5 Å². The third kappa shape index (κ3) is 49.0. The van der Waals surface area contributed by atoms with E-state index >= 15 is 0 Å². The van der Waals surface area contributed by atoms with E-state index in [1.807, 2.05) is 21.1 Å². The van der Waals surface area contributed by atoms with E-state index in [1.165, 1.54) is 212 Å². The molecule has 376 valence electrons. The molecular formula is C54H109N2O6P. The first-order valence-electron chi connectivity index (χ1n) is 27.5. The topological polar surface area (TPSA) is 108 Å². The second-order valence-electron chi connectivity index (χ2n) is 20.3. The fraction of sp³-hybridized carbons (Fsp3) is 0.944. The highest BCUT2D eigenvalue weighted by Gasteiger charge is 2.24. The summed E-state index contributed by atoms with van der Waals surface area (Å²) in [5, 5.41) is 14.0. The van der Waals surface area contributed by atoms with Crippen molar-refractivity contribution >= 4 is 13.7 Å². The number of nitrogens with zero attached hydrogens (tertiary/aromatic N) is 1. The fourth-order valence-electron chi connectivity index (χ4n) is 8.39. The molecule has 3 unspecified atom stereocenters. The van der Waals surface area contributed by atoms with Crippen LogP contribution in [0.15, 0.2) is 12.2 Å². The Labute approximate surface area is 392 Å². The molecule has 0 radical (unpaired) electrons. The van der Waals surface area contributed by atoms with E-state index < -0.39 is 20.0 Å². The van der Waals surface area contributed by atoms with E-state index in [2.05, 4.69) is 31.3 Å². The predicted octanol–water partition coefficient (Wildman–Crippen LogP) is 15.6. The summed E-state index contributed by atoms with van der Waals surface area (Å²) in [6, 6.07) is -0.800. The molecule has 0 aromatic carbocycles. The number of nitrogens with one attached hydrogen (secondary N) is 1. The number of phosphoric acid groups is 1. The Morgan fingerprint density at radius 2 is 0.873 bits per heavy atom. The van der Waals surface area contributed by atoms with Gasteiger partial charge in [-0.3, -0.25) is 9.36 Å². The number of hydrogen-bond donors (Lipinski definition) is 2. The smallest absolute Gasteiger partial charge is 0.268 e. The van der Waals surface area contributed by atoms with E-state index in [4.69, 9.17) is 9.05 Å². The van der Waals surface area contributed by atoms with Gasteiger partial charge in [0.15, 0.2) is 0 Å². The number of carbonyl (C=O) groups excluding carboxylic acids is 1. The van der Waals surface area contributed by atoms with Crippen LogP contribution in [0.3, 0.4) is 0 Å². The number of aliphatic hydroxyl groups is 1. The van der Waals surface area contributed by atoms with Crippen LogP contribution in [0.2, 0.25) is 0 Å². The van der Waals surface area contributed by atoms with Crippen molar-refractivity contribution in [3.05, 3.63) is 12.2 Å². The lowest BCUT2D eigenvalue weighted by Gasteiger charge is -2.30. The van der Waals surface area contributed by atoms with Crippen molar-refractivity contribution < 1.29 is 32.9 Å². The lowest BCUT2D eigenvalue weighted by molar-refractivity contribution is -0.870. The lowest BCUT2D eigenvalue weighted by atomic mass is 10.0. The summed E-state index contributed by atoms with van der Waals surface area (Å²) in [5.41, 5.74) is 0. The second kappa shape index (κ2) is 46.4. The lowest BCUT2D eigenvalue weighted by Crippen LogP contribution is -2.46. The van der Waals surface area contributed by atoms with Crippen LogP contribution in [-0.2, 0) is 18.4 Å². The third-order valence-corrected chi connectivity index (χ3v) is 13.7. The van der Waals surface area contributed by atoms with Gasteiger partial charge in [0.2, 0.25) is 5.91 Å². The summed E-state index contributed by atoms with van der Waals surface area (Å²) in [4.78, 5) is 25.5. The minimum atomic E-state index is -4.57. The molecule has 0 rings (SSSR count). The van der Waals surface area contributed by atoms with E-state index in [1.54, 1.807) is 0 Å². The minimum Gasteiger partial charge on any atom is -0.756 e. The summed E-state index contributed by atoms with van der Waals surface area (Å²) in [6.45, 7) is 4.76. The molecule has 0 bridgehead atoms. The van der Waals surface area contributed by atoms with Crippen molar-refractivity contribution in [1.29, 1.82) is 0 Å². The molecule has 9 heteroatoms. The fourth-order valence-corrected chi connectivity index (χ4v) is 9.11. The van der Waals surface area contributed by atoms with Gasteiger partial charge in [-0.05, 0) is 38.5 Å². The molecule has 0 fully saturated rings. The molecule has 1 amide bonds. The summed E-state index contributed by atoms with van der Waals surface area (Å²) in [6.07, 6.45) is 55.1. The maximum absolute atomic E-state index is 13.0. The first-order valence-corrected chi connectivity index (χ1v) is 29.0. The van der Waals surface area contributed by atoms with Gasteiger partial charge in [-0.25, -0.2) is 0 Å². The van der Waals surface area contributed by atoms with Gasteiger partial charge < -0.3 is 28.8 Å². The third-order valence-electron chi connectivity index (χ3n) is 12.8. The van der Waals surface area contributed by atoms with Gasteiger partial charge in [0.1, 0.15) is 13.2 Å². The standard InChI is InChI=1S/C54H109N2O6P/c1-6-8-10-12-14-16-18-20-22-24-26-28-29-31-33-35-37-39-41-43-45-47-53(57)52(51-62-63(59,60)61-50-49-56(3,4)5)55-54(58)48-46-44-42-40-38-36-34-32-30-27-25-23-21-19-17-15-13-11-9-7-2/h27,30,52-53,57H,6-26,28-29,31-51H2,1-5H3,(H-,55,58,59,60)/b30-27-. The Hall–Kier alpha value is -0.760. The minimum absolute atomic E-state index is 0.0137. The number of quaternary nitrogens is 1. The summed E-state index contributed by atoms with van der Waals surface area (Å²) >= 11 is 0. The average Bonchev–Trinajstić information content (AvgIpc) is 3.24. The molecular weight excluding hydrogens is 804 g/mol. The maximum Gasteiger partial charge on any atom is 0.268 e. The molecule has 3 atom stereocenters. The quantitative estimate of drug-likeness (QED) is 0.0272. The Balaban J connectivity index is 4.20. The number of allylic oxidation sites excluding steroid dienone is 2. The van der Waals surface area contributed by atoms with Crippen LogP contribution in [0, 0.1) is 0 Å². The summed E-state index contributed by atoms with van der Waals surface area (Å²) < 4.78 is 23.4. The molecule has 0 saturated heterocycles. The number of amides is 1. The van der Waals surface area contributed by atoms with E-state index in [0.29, 0.717) is 23.9 Å². The normalized spacial score (nSPS) is 14.1. The van der Waals surface area contributed by atoms with Gasteiger partial charge in [-0.15, -0.1) is 0 Å². The zero-order valence-electron chi connectivity index (χ0n) is 42.8. The van der Waals surface area contributed by atoms with Crippen molar-refractivity contribution in [3.63, 3.8) is 0 Å². The van der Waals surface area contributed by atoms with Crippen LogP contribution in [0.25, 0.3) is 0 Å². The van der Waals surface area contributed by atoms with Crippen molar-refractivity contribution in [3.8, 4) is 0 Å². The number of carbonyl (C=O) groups is 1. The van der Waals surface area contributed by atoms with E-state index in [9.17, 15) is 19.4 Å². The first-order chi connectivity index (χ1) is 30.5. The van der Waals surface area contributed by atoms with Crippen LogP contribution in [0.5, 0.6) is 0 Å². The number of unbranched alkanes of at least 4 members (excludes halogenated alkanes) is 36. The molecule has 0 aliphatic rings. The van der Waals surface area contributed by atoms with Gasteiger partial charge in [0.05, 0.1) is 39.9 Å². The first kappa shape index (κ1) is 62.2. The van der Waals surface area contributed by atoms with Gasteiger partial charge in [0, 0.05) is 6.42 Å². The zero-order chi connectivity index (χ0) is 46.4. The largest absolute Gasteiger partial charge is 0.756 e. The highest BCUT2D eigenvalue weighted by molar-refractivity contribution is 7.45. The van der Waals surface area contributed by atoms with Gasteiger partial charge in [-0.2, -0.15) is 0 Å². The van der Waals surface area contributed by atoms with Gasteiger partial charge in [-0.1, -0.05) is 244 Å². The van der Waals surface area contributed by atoms with E-state index in [0.717, 1.165) is 38.5 Å². The summed E-state index contributed by atoms with van der Waals surface area (Å²) in [7, 11) is 1.31. The Bertz CT molecular complexity index is 1040. The zero-order valence-corrected chi connectivity index (χ0v) is 43.7. The van der Waals surface area contributed by atoms with Crippen LogP contribution < -0.4 is 10.2 Å². The Kier molecular flexibility index (Phi) is 45.8.